The maximum Gasteiger partial charge on any atom is 0.119 e. The van der Waals surface area contributed by atoms with Crippen molar-refractivity contribution >= 4 is 0 Å². The summed E-state index contributed by atoms with van der Waals surface area (Å²) in [4.78, 5) is 0. The van der Waals surface area contributed by atoms with E-state index < -0.39 is 0 Å². The van der Waals surface area contributed by atoms with Crippen LogP contribution in [0.3, 0.4) is 0 Å². The predicted octanol–water partition coefficient (Wildman–Crippen LogP) is 4.24. The van der Waals surface area contributed by atoms with E-state index in [-0.39, 0.29) is 0 Å². The zero-order valence-electron chi connectivity index (χ0n) is 12.8. The Kier molecular flexibility index (Phi) is 4.30. The molecule has 1 aromatic rings. The molecule has 0 heterocycles. The fourth-order valence-electron chi connectivity index (χ4n) is 3.48. The maximum absolute atomic E-state index is 5.36. The normalized spacial score (nSPS) is 23.2. The van der Waals surface area contributed by atoms with Gasteiger partial charge in [0.05, 0.1) is 7.11 Å². The van der Waals surface area contributed by atoms with Gasteiger partial charge >= 0.3 is 0 Å². The minimum atomic E-state index is 0.549. The Balaban J connectivity index is 1.71. The first-order valence-electron chi connectivity index (χ1n) is 8.23. The largest absolute Gasteiger partial charge is 0.497 e. The molecule has 0 saturated heterocycles. The summed E-state index contributed by atoms with van der Waals surface area (Å²) in [6, 6.07) is 7.86. The van der Waals surface area contributed by atoms with Crippen LogP contribution in [-0.2, 0) is 6.42 Å². The highest BCUT2D eigenvalue weighted by Crippen LogP contribution is 2.36. The third kappa shape index (κ3) is 3.17. The fourth-order valence-corrected chi connectivity index (χ4v) is 3.48. The smallest absolute Gasteiger partial charge is 0.119 e. The van der Waals surface area contributed by atoms with Crippen molar-refractivity contribution in [3.8, 4) is 5.75 Å². The van der Waals surface area contributed by atoms with E-state index in [1.807, 2.05) is 0 Å². The van der Waals surface area contributed by atoms with Crippen LogP contribution < -0.4 is 10.1 Å². The summed E-state index contributed by atoms with van der Waals surface area (Å²) < 4.78 is 5.36. The first-order chi connectivity index (χ1) is 9.80. The van der Waals surface area contributed by atoms with Crippen LogP contribution in [0.5, 0.6) is 5.75 Å². The lowest BCUT2D eigenvalue weighted by Crippen LogP contribution is -2.34. The summed E-state index contributed by atoms with van der Waals surface area (Å²) in [6.45, 7) is 2.32. The third-order valence-electron chi connectivity index (χ3n) is 4.91. The topological polar surface area (TPSA) is 21.3 Å². The SMILES string of the molecule is CCC(CC1CC1)NC1CCCc2cc(OC)ccc21. The molecule has 0 spiro atoms. The number of nitrogens with one attached hydrogen (secondary N) is 1. The first kappa shape index (κ1) is 13.9. The Labute approximate surface area is 122 Å². The van der Waals surface area contributed by atoms with E-state index in [4.69, 9.17) is 4.74 Å². The van der Waals surface area contributed by atoms with E-state index in [9.17, 15) is 0 Å². The van der Waals surface area contributed by atoms with Crippen molar-refractivity contribution in [1.82, 2.24) is 5.32 Å². The summed E-state index contributed by atoms with van der Waals surface area (Å²) in [5.74, 6) is 2.00. The number of benzene rings is 1. The summed E-state index contributed by atoms with van der Waals surface area (Å²) in [7, 11) is 1.75. The van der Waals surface area contributed by atoms with Gasteiger partial charge in [0.1, 0.15) is 5.75 Å². The van der Waals surface area contributed by atoms with Gasteiger partial charge in [0.25, 0.3) is 0 Å². The monoisotopic (exact) mass is 273 g/mol. The number of hydrogen-bond donors (Lipinski definition) is 1. The molecule has 2 aliphatic rings. The van der Waals surface area contributed by atoms with E-state index >= 15 is 0 Å². The van der Waals surface area contributed by atoms with Gasteiger partial charge < -0.3 is 10.1 Å². The second kappa shape index (κ2) is 6.17. The molecular formula is C18H27NO. The van der Waals surface area contributed by atoms with Crippen molar-refractivity contribution in [2.75, 3.05) is 7.11 Å². The van der Waals surface area contributed by atoms with Gasteiger partial charge in [0, 0.05) is 12.1 Å². The van der Waals surface area contributed by atoms with Gasteiger partial charge in [0.2, 0.25) is 0 Å². The molecule has 2 atom stereocenters. The summed E-state index contributed by atoms with van der Waals surface area (Å²) in [5, 5.41) is 3.93. The summed E-state index contributed by atoms with van der Waals surface area (Å²) in [5.41, 5.74) is 2.99. The highest BCUT2D eigenvalue weighted by molar-refractivity contribution is 5.39. The molecule has 110 valence electrons. The second-order valence-electron chi connectivity index (χ2n) is 6.46. The molecule has 1 saturated carbocycles. The van der Waals surface area contributed by atoms with Gasteiger partial charge in [-0.05, 0) is 61.3 Å². The minimum absolute atomic E-state index is 0.549. The average molecular weight is 273 g/mol. The predicted molar refractivity (Wildman–Crippen MR) is 83.2 cm³/mol. The summed E-state index contributed by atoms with van der Waals surface area (Å²) in [6.07, 6.45) is 9.30. The fraction of sp³-hybridized carbons (Fsp3) is 0.667. The lowest BCUT2D eigenvalue weighted by molar-refractivity contribution is 0.360. The van der Waals surface area contributed by atoms with Gasteiger partial charge in [0.15, 0.2) is 0 Å². The molecule has 0 aromatic heterocycles. The van der Waals surface area contributed by atoms with Gasteiger partial charge in [-0.15, -0.1) is 0 Å². The zero-order chi connectivity index (χ0) is 13.9. The Morgan fingerprint density at radius 2 is 2.15 bits per heavy atom. The van der Waals surface area contributed by atoms with E-state index in [0.29, 0.717) is 12.1 Å². The van der Waals surface area contributed by atoms with E-state index in [1.165, 1.54) is 56.1 Å². The molecular weight excluding hydrogens is 246 g/mol. The van der Waals surface area contributed by atoms with Crippen molar-refractivity contribution in [3.63, 3.8) is 0 Å². The number of fused-ring (bicyclic) bond motifs is 1. The second-order valence-corrected chi connectivity index (χ2v) is 6.46. The van der Waals surface area contributed by atoms with E-state index in [2.05, 4.69) is 30.4 Å². The van der Waals surface area contributed by atoms with Crippen LogP contribution in [0, 0.1) is 5.92 Å². The van der Waals surface area contributed by atoms with Crippen LogP contribution in [0.25, 0.3) is 0 Å². The van der Waals surface area contributed by atoms with Gasteiger partial charge in [-0.25, -0.2) is 0 Å². The zero-order valence-corrected chi connectivity index (χ0v) is 12.8. The minimum Gasteiger partial charge on any atom is -0.497 e. The molecule has 0 amide bonds. The van der Waals surface area contributed by atoms with Gasteiger partial charge in [-0.1, -0.05) is 25.8 Å². The van der Waals surface area contributed by atoms with Crippen molar-refractivity contribution in [2.45, 2.75) is 64.0 Å². The number of aryl methyl sites for hydroxylation is 1. The highest BCUT2D eigenvalue weighted by Gasteiger charge is 2.27. The Morgan fingerprint density at radius 3 is 2.85 bits per heavy atom. The summed E-state index contributed by atoms with van der Waals surface area (Å²) >= 11 is 0. The molecule has 1 aromatic carbocycles. The Morgan fingerprint density at radius 1 is 1.30 bits per heavy atom. The van der Waals surface area contributed by atoms with Crippen LogP contribution >= 0.6 is 0 Å². The number of rotatable bonds is 6. The van der Waals surface area contributed by atoms with E-state index in [0.717, 1.165) is 11.7 Å². The Bertz CT molecular complexity index is 453. The molecule has 3 rings (SSSR count). The van der Waals surface area contributed by atoms with Crippen molar-refractivity contribution in [1.29, 1.82) is 0 Å². The van der Waals surface area contributed by atoms with Gasteiger partial charge in [-0.3, -0.25) is 0 Å². The maximum atomic E-state index is 5.36. The number of hydrogen-bond acceptors (Lipinski definition) is 2. The van der Waals surface area contributed by atoms with Crippen LogP contribution in [0.15, 0.2) is 18.2 Å². The molecule has 2 nitrogen and oxygen atoms in total. The lowest BCUT2D eigenvalue weighted by Gasteiger charge is -2.30. The first-order valence-corrected chi connectivity index (χ1v) is 8.23. The van der Waals surface area contributed by atoms with Crippen LogP contribution in [0.2, 0.25) is 0 Å². The molecule has 0 aliphatic heterocycles. The van der Waals surface area contributed by atoms with Crippen molar-refractivity contribution in [2.24, 2.45) is 5.92 Å². The molecule has 0 radical (unpaired) electrons. The molecule has 0 bridgehead atoms. The lowest BCUT2D eigenvalue weighted by atomic mass is 9.86. The molecule has 20 heavy (non-hydrogen) atoms. The highest BCUT2D eigenvalue weighted by atomic mass is 16.5. The molecule has 1 N–H and O–H groups in total. The molecule has 2 heteroatoms. The van der Waals surface area contributed by atoms with Crippen molar-refractivity contribution in [3.05, 3.63) is 29.3 Å². The van der Waals surface area contributed by atoms with Crippen molar-refractivity contribution < 1.29 is 4.74 Å². The number of methoxy groups -OCH3 is 1. The van der Waals surface area contributed by atoms with E-state index in [1.54, 1.807) is 7.11 Å². The van der Waals surface area contributed by atoms with Gasteiger partial charge in [-0.2, -0.15) is 0 Å². The quantitative estimate of drug-likeness (QED) is 0.837. The Hall–Kier alpha value is -1.02. The molecule has 2 aliphatic carbocycles. The standard InChI is InChI=1S/C18H27NO/c1-3-15(11-13-7-8-13)19-18-6-4-5-14-12-16(20-2)9-10-17(14)18/h9-10,12-13,15,18-19H,3-8,11H2,1-2H3. The van der Waals surface area contributed by atoms with Crippen LogP contribution in [0.4, 0.5) is 0 Å². The number of ether oxygens (including phenoxy) is 1. The molecule has 1 fully saturated rings. The molecule has 2 unspecified atom stereocenters. The van der Waals surface area contributed by atoms with Crippen LogP contribution in [-0.4, -0.2) is 13.2 Å². The third-order valence-corrected chi connectivity index (χ3v) is 4.91. The average Bonchev–Trinajstić information content (AvgIpc) is 3.30. The van der Waals surface area contributed by atoms with Crippen LogP contribution in [0.1, 0.15) is 62.6 Å².